The van der Waals surface area contributed by atoms with Crippen LogP contribution in [0, 0.1) is 10.1 Å². The summed E-state index contributed by atoms with van der Waals surface area (Å²) >= 11 is 5.82. The Bertz CT molecular complexity index is 383. The lowest BCUT2D eigenvalue weighted by Gasteiger charge is -2.07. The number of nitro groups is 1. The molecule has 0 radical (unpaired) electrons. The molecule has 0 amide bonds. The third-order valence-corrected chi connectivity index (χ3v) is 2.74. The molecule has 0 unspecified atom stereocenters. The SMILES string of the molecule is CCCCCCNc1cc(Cl)ccc1[N+](=O)[O-]. The molecule has 0 aromatic heterocycles. The van der Waals surface area contributed by atoms with E-state index < -0.39 is 4.92 Å². The first-order valence-electron chi connectivity index (χ1n) is 5.83. The van der Waals surface area contributed by atoms with Gasteiger partial charge in [0.15, 0.2) is 0 Å². The van der Waals surface area contributed by atoms with Crippen LogP contribution in [0.1, 0.15) is 32.6 Å². The molecule has 1 aromatic rings. The third-order valence-electron chi connectivity index (χ3n) is 2.50. The molecule has 5 heteroatoms. The van der Waals surface area contributed by atoms with Gasteiger partial charge in [-0.2, -0.15) is 0 Å². The van der Waals surface area contributed by atoms with Gasteiger partial charge in [-0.15, -0.1) is 0 Å². The first kappa shape index (κ1) is 13.8. The maximum absolute atomic E-state index is 10.8. The van der Waals surface area contributed by atoms with Crippen LogP contribution in [0.4, 0.5) is 11.4 Å². The van der Waals surface area contributed by atoms with E-state index in [0.717, 1.165) is 19.4 Å². The number of halogens is 1. The monoisotopic (exact) mass is 256 g/mol. The van der Waals surface area contributed by atoms with Crippen LogP contribution in [0.15, 0.2) is 18.2 Å². The van der Waals surface area contributed by atoms with Gasteiger partial charge in [0, 0.05) is 17.6 Å². The topological polar surface area (TPSA) is 55.2 Å². The van der Waals surface area contributed by atoms with Gasteiger partial charge in [0.25, 0.3) is 5.69 Å². The van der Waals surface area contributed by atoms with Crippen LogP contribution in [0.3, 0.4) is 0 Å². The first-order chi connectivity index (χ1) is 8.15. The fraction of sp³-hybridized carbons (Fsp3) is 0.500. The molecular weight excluding hydrogens is 240 g/mol. The maximum atomic E-state index is 10.8. The number of rotatable bonds is 7. The third kappa shape index (κ3) is 4.61. The summed E-state index contributed by atoms with van der Waals surface area (Å²) in [7, 11) is 0. The fourth-order valence-corrected chi connectivity index (χ4v) is 1.76. The molecular formula is C12H17ClN2O2. The van der Waals surface area contributed by atoms with Crippen molar-refractivity contribution in [2.45, 2.75) is 32.6 Å². The zero-order valence-electron chi connectivity index (χ0n) is 9.91. The second-order valence-corrected chi connectivity index (χ2v) is 4.34. The summed E-state index contributed by atoms with van der Waals surface area (Å²) in [6.07, 6.45) is 4.52. The molecule has 1 N–H and O–H groups in total. The maximum Gasteiger partial charge on any atom is 0.292 e. The van der Waals surface area contributed by atoms with Crippen LogP contribution in [0.5, 0.6) is 0 Å². The number of nitrogens with one attached hydrogen (secondary N) is 1. The summed E-state index contributed by atoms with van der Waals surface area (Å²) in [5.41, 5.74) is 0.573. The highest BCUT2D eigenvalue weighted by molar-refractivity contribution is 6.31. The van der Waals surface area contributed by atoms with Gasteiger partial charge in [-0.25, -0.2) is 0 Å². The van der Waals surface area contributed by atoms with E-state index in [-0.39, 0.29) is 5.69 Å². The molecule has 0 saturated heterocycles. The van der Waals surface area contributed by atoms with Crippen molar-refractivity contribution in [1.82, 2.24) is 0 Å². The largest absolute Gasteiger partial charge is 0.379 e. The minimum atomic E-state index is -0.398. The number of nitro benzene ring substituents is 1. The van der Waals surface area contributed by atoms with Crippen LogP contribution >= 0.6 is 11.6 Å². The lowest BCUT2D eigenvalue weighted by molar-refractivity contribution is -0.384. The molecule has 1 aromatic carbocycles. The van der Waals surface area contributed by atoms with Crippen LogP contribution in [-0.2, 0) is 0 Å². The van der Waals surface area contributed by atoms with E-state index in [1.165, 1.54) is 25.0 Å². The predicted octanol–water partition coefficient (Wildman–Crippen LogP) is 4.24. The van der Waals surface area contributed by atoms with E-state index in [4.69, 9.17) is 11.6 Å². The minimum absolute atomic E-state index is 0.0740. The Morgan fingerprint density at radius 2 is 2.12 bits per heavy atom. The number of nitrogens with zero attached hydrogens (tertiary/aromatic N) is 1. The molecule has 0 aliphatic rings. The Morgan fingerprint density at radius 3 is 2.76 bits per heavy atom. The molecule has 0 atom stereocenters. The molecule has 1 rings (SSSR count). The van der Waals surface area contributed by atoms with Crippen LogP contribution in [-0.4, -0.2) is 11.5 Å². The highest BCUT2D eigenvalue weighted by Gasteiger charge is 2.12. The lowest BCUT2D eigenvalue weighted by atomic mass is 10.2. The molecule has 0 fully saturated rings. The molecule has 0 bridgehead atoms. The average Bonchev–Trinajstić information content (AvgIpc) is 2.28. The van der Waals surface area contributed by atoms with Gasteiger partial charge in [-0.1, -0.05) is 37.8 Å². The van der Waals surface area contributed by atoms with E-state index in [1.54, 1.807) is 6.07 Å². The first-order valence-corrected chi connectivity index (χ1v) is 6.20. The normalized spacial score (nSPS) is 10.2. The zero-order chi connectivity index (χ0) is 12.7. The molecule has 0 saturated carbocycles. The van der Waals surface area contributed by atoms with Crippen molar-refractivity contribution in [3.63, 3.8) is 0 Å². The Kier molecular flexibility index (Phi) is 5.77. The van der Waals surface area contributed by atoms with Gasteiger partial charge >= 0.3 is 0 Å². The predicted molar refractivity (Wildman–Crippen MR) is 70.7 cm³/mol. The van der Waals surface area contributed by atoms with Gasteiger partial charge in [0.1, 0.15) is 5.69 Å². The second-order valence-electron chi connectivity index (χ2n) is 3.91. The van der Waals surface area contributed by atoms with E-state index in [1.807, 2.05) is 0 Å². The summed E-state index contributed by atoms with van der Waals surface area (Å²) < 4.78 is 0. The van der Waals surface area contributed by atoms with E-state index in [0.29, 0.717) is 10.7 Å². The van der Waals surface area contributed by atoms with Crippen molar-refractivity contribution in [2.24, 2.45) is 0 Å². The standard InChI is InChI=1S/C12H17ClN2O2/c1-2-3-4-5-8-14-11-9-10(13)6-7-12(11)15(16)17/h6-7,9,14H,2-5,8H2,1H3. The number of hydrogen-bond donors (Lipinski definition) is 1. The van der Waals surface area contributed by atoms with Crippen molar-refractivity contribution in [3.8, 4) is 0 Å². The second kappa shape index (κ2) is 7.12. The molecule has 0 aliphatic carbocycles. The summed E-state index contributed by atoms with van der Waals surface area (Å²) in [4.78, 5) is 10.4. The van der Waals surface area contributed by atoms with Crippen LogP contribution in [0.25, 0.3) is 0 Å². The van der Waals surface area contributed by atoms with Gasteiger partial charge in [-0.3, -0.25) is 10.1 Å². The summed E-state index contributed by atoms with van der Waals surface area (Å²) in [6.45, 7) is 2.89. The van der Waals surface area contributed by atoms with Crippen LogP contribution in [0.2, 0.25) is 5.02 Å². The quantitative estimate of drug-likeness (QED) is 0.451. The minimum Gasteiger partial charge on any atom is -0.379 e. The summed E-state index contributed by atoms with van der Waals surface area (Å²) in [5.74, 6) is 0. The number of benzene rings is 1. The van der Waals surface area contributed by atoms with Crippen molar-refractivity contribution in [3.05, 3.63) is 33.3 Å². The Balaban J connectivity index is 2.56. The van der Waals surface area contributed by atoms with Gasteiger partial charge in [-0.05, 0) is 18.6 Å². The van der Waals surface area contributed by atoms with Crippen molar-refractivity contribution in [2.75, 3.05) is 11.9 Å². The molecule has 0 heterocycles. The van der Waals surface area contributed by atoms with Crippen molar-refractivity contribution < 1.29 is 4.92 Å². The molecule has 4 nitrogen and oxygen atoms in total. The molecule has 94 valence electrons. The van der Waals surface area contributed by atoms with Gasteiger partial charge < -0.3 is 5.32 Å². The molecule has 17 heavy (non-hydrogen) atoms. The Morgan fingerprint density at radius 1 is 1.35 bits per heavy atom. The lowest BCUT2D eigenvalue weighted by Crippen LogP contribution is -2.04. The summed E-state index contributed by atoms with van der Waals surface area (Å²) in [6, 6.07) is 4.55. The number of unbranched alkanes of at least 4 members (excludes halogenated alkanes) is 3. The van der Waals surface area contributed by atoms with E-state index in [9.17, 15) is 10.1 Å². The smallest absolute Gasteiger partial charge is 0.292 e. The Labute approximate surface area is 106 Å². The highest BCUT2D eigenvalue weighted by atomic mass is 35.5. The molecule has 0 spiro atoms. The van der Waals surface area contributed by atoms with Crippen molar-refractivity contribution >= 4 is 23.0 Å². The number of hydrogen-bond acceptors (Lipinski definition) is 3. The van der Waals surface area contributed by atoms with Crippen molar-refractivity contribution in [1.29, 1.82) is 0 Å². The fourth-order valence-electron chi connectivity index (χ4n) is 1.58. The van der Waals surface area contributed by atoms with Crippen LogP contribution < -0.4 is 5.32 Å². The van der Waals surface area contributed by atoms with Gasteiger partial charge in [0.05, 0.1) is 4.92 Å². The highest BCUT2D eigenvalue weighted by Crippen LogP contribution is 2.27. The van der Waals surface area contributed by atoms with Gasteiger partial charge in [0.2, 0.25) is 0 Å². The Hall–Kier alpha value is -1.29. The van der Waals surface area contributed by atoms with E-state index >= 15 is 0 Å². The summed E-state index contributed by atoms with van der Waals surface area (Å²) in [5, 5.41) is 14.4. The van der Waals surface area contributed by atoms with E-state index in [2.05, 4.69) is 12.2 Å². The molecule has 0 aliphatic heterocycles. The average molecular weight is 257 g/mol. The number of anilines is 1. The zero-order valence-corrected chi connectivity index (χ0v) is 10.7.